The Morgan fingerprint density at radius 1 is 1.20 bits per heavy atom. The molecule has 2 aromatic heterocycles. The Morgan fingerprint density at radius 3 is 2.80 bits per heavy atom. The standard InChI is InChI=1S/C19H20N2OS3/c1-12-4-5-13(2)18(8-12)24-11-19(22)20-9-15-6-7-17(25-15)16-10-23-14(3)21-16/h4-8,10H,9,11H2,1-3H3,(H,20,22). The lowest BCUT2D eigenvalue weighted by molar-refractivity contribution is -0.118. The van der Waals surface area contributed by atoms with Crippen LogP contribution >= 0.6 is 34.4 Å². The molecule has 3 aromatic rings. The maximum atomic E-state index is 12.1. The quantitative estimate of drug-likeness (QED) is 0.590. The van der Waals surface area contributed by atoms with Crippen LogP contribution < -0.4 is 5.32 Å². The number of carbonyl (C=O) groups excluding carboxylic acids is 1. The van der Waals surface area contributed by atoms with E-state index < -0.39 is 0 Å². The van der Waals surface area contributed by atoms with Gasteiger partial charge >= 0.3 is 0 Å². The Morgan fingerprint density at radius 2 is 2.04 bits per heavy atom. The first kappa shape index (κ1) is 18.2. The number of hydrogen-bond donors (Lipinski definition) is 1. The lowest BCUT2D eigenvalue weighted by atomic mass is 10.2. The molecule has 6 heteroatoms. The molecule has 0 bridgehead atoms. The predicted octanol–water partition coefficient (Wildman–Crippen LogP) is 5.21. The summed E-state index contributed by atoms with van der Waals surface area (Å²) in [5.74, 6) is 0.499. The van der Waals surface area contributed by atoms with Crippen molar-refractivity contribution in [2.45, 2.75) is 32.2 Å². The van der Waals surface area contributed by atoms with Crippen LogP contribution in [-0.4, -0.2) is 16.6 Å². The van der Waals surface area contributed by atoms with E-state index in [0.717, 1.165) is 20.5 Å². The van der Waals surface area contributed by atoms with Gasteiger partial charge in [0.05, 0.1) is 27.9 Å². The smallest absolute Gasteiger partial charge is 0.230 e. The average molecular weight is 389 g/mol. The minimum absolute atomic E-state index is 0.0605. The van der Waals surface area contributed by atoms with Crippen LogP contribution in [0.4, 0.5) is 0 Å². The second-order valence-electron chi connectivity index (χ2n) is 5.85. The number of nitrogens with one attached hydrogen (secondary N) is 1. The highest BCUT2D eigenvalue weighted by Crippen LogP contribution is 2.29. The van der Waals surface area contributed by atoms with Crippen LogP contribution in [0.15, 0.2) is 40.6 Å². The van der Waals surface area contributed by atoms with E-state index in [0.29, 0.717) is 12.3 Å². The maximum Gasteiger partial charge on any atom is 0.230 e. The Bertz CT molecular complexity index is 882. The molecule has 0 spiro atoms. The van der Waals surface area contributed by atoms with Gasteiger partial charge in [-0.2, -0.15) is 0 Å². The van der Waals surface area contributed by atoms with Gasteiger partial charge in [-0.25, -0.2) is 4.98 Å². The molecular weight excluding hydrogens is 368 g/mol. The van der Waals surface area contributed by atoms with Crippen molar-refractivity contribution in [3.8, 4) is 10.6 Å². The molecule has 0 aliphatic rings. The summed E-state index contributed by atoms with van der Waals surface area (Å²) >= 11 is 4.93. The van der Waals surface area contributed by atoms with Crippen molar-refractivity contribution >= 4 is 40.3 Å². The van der Waals surface area contributed by atoms with E-state index >= 15 is 0 Å². The molecule has 0 radical (unpaired) electrons. The van der Waals surface area contributed by atoms with Gasteiger partial charge in [0.2, 0.25) is 5.91 Å². The summed E-state index contributed by atoms with van der Waals surface area (Å²) in [6.45, 7) is 6.73. The molecule has 0 aliphatic heterocycles. The Balaban J connectivity index is 1.51. The number of nitrogens with zero attached hydrogens (tertiary/aromatic N) is 1. The number of amides is 1. The number of aryl methyl sites for hydroxylation is 3. The number of rotatable bonds is 6. The third-order valence-corrected chi connectivity index (χ3v) is 6.73. The zero-order chi connectivity index (χ0) is 17.8. The van der Waals surface area contributed by atoms with E-state index in [2.05, 4.69) is 59.9 Å². The van der Waals surface area contributed by atoms with Gasteiger partial charge in [0.15, 0.2) is 0 Å². The molecule has 0 saturated heterocycles. The number of aromatic nitrogens is 1. The molecule has 0 fully saturated rings. The first-order chi connectivity index (χ1) is 12.0. The molecule has 130 valence electrons. The van der Waals surface area contributed by atoms with Crippen LogP contribution in [-0.2, 0) is 11.3 Å². The summed E-state index contributed by atoms with van der Waals surface area (Å²) in [5, 5.41) is 6.15. The highest BCUT2D eigenvalue weighted by Gasteiger charge is 2.08. The van der Waals surface area contributed by atoms with Crippen molar-refractivity contribution in [1.29, 1.82) is 0 Å². The van der Waals surface area contributed by atoms with Gasteiger partial charge in [-0.15, -0.1) is 34.4 Å². The molecule has 1 N–H and O–H groups in total. The number of thiazole rings is 1. The van der Waals surface area contributed by atoms with Crippen LogP contribution in [0.5, 0.6) is 0 Å². The fraction of sp³-hybridized carbons (Fsp3) is 0.263. The Kier molecular flexibility index (Phi) is 5.93. The van der Waals surface area contributed by atoms with Crippen molar-refractivity contribution < 1.29 is 4.79 Å². The summed E-state index contributed by atoms with van der Waals surface area (Å²) in [6, 6.07) is 10.5. The summed E-state index contributed by atoms with van der Waals surface area (Å²) in [7, 11) is 0. The minimum Gasteiger partial charge on any atom is -0.350 e. The number of benzene rings is 1. The van der Waals surface area contributed by atoms with Crippen molar-refractivity contribution in [3.05, 3.63) is 56.7 Å². The average Bonchev–Trinajstić information content (AvgIpc) is 3.22. The lowest BCUT2D eigenvalue weighted by Crippen LogP contribution is -2.24. The van der Waals surface area contributed by atoms with Crippen LogP contribution in [0.3, 0.4) is 0 Å². The van der Waals surface area contributed by atoms with Crippen molar-refractivity contribution in [1.82, 2.24) is 10.3 Å². The summed E-state index contributed by atoms with van der Waals surface area (Å²) in [4.78, 5) is 20.1. The van der Waals surface area contributed by atoms with E-state index in [4.69, 9.17) is 0 Å². The highest BCUT2D eigenvalue weighted by molar-refractivity contribution is 8.00. The van der Waals surface area contributed by atoms with Gasteiger partial charge < -0.3 is 5.32 Å². The molecule has 0 saturated carbocycles. The largest absolute Gasteiger partial charge is 0.350 e. The predicted molar refractivity (Wildman–Crippen MR) is 109 cm³/mol. The third-order valence-electron chi connectivity index (χ3n) is 3.70. The first-order valence-electron chi connectivity index (χ1n) is 7.99. The van der Waals surface area contributed by atoms with E-state index in [1.54, 1.807) is 34.4 Å². The summed E-state index contributed by atoms with van der Waals surface area (Å²) in [6.07, 6.45) is 0. The lowest BCUT2D eigenvalue weighted by Gasteiger charge is -2.07. The number of thiophene rings is 1. The Hall–Kier alpha value is -1.63. The SMILES string of the molecule is Cc1ccc(C)c(SCC(=O)NCc2ccc(-c3csc(C)n3)s2)c1. The molecule has 1 aromatic carbocycles. The molecule has 2 heterocycles. The topological polar surface area (TPSA) is 42.0 Å². The summed E-state index contributed by atoms with van der Waals surface area (Å²) < 4.78 is 0. The van der Waals surface area contributed by atoms with Crippen molar-refractivity contribution in [2.24, 2.45) is 0 Å². The zero-order valence-electron chi connectivity index (χ0n) is 14.5. The molecule has 0 aliphatic carbocycles. The second kappa shape index (κ2) is 8.17. The van der Waals surface area contributed by atoms with Gasteiger partial charge in [-0.1, -0.05) is 17.7 Å². The normalized spacial score (nSPS) is 10.8. The Labute approximate surface area is 160 Å². The third kappa shape index (κ3) is 4.93. The van der Waals surface area contributed by atoms with Crippen LogP contribution in [0.1, 0.15) is 21.0 Å². The molecule has 3 nitrogen and oxygen atoms in total. The molecule has 3 rings (SSSR count). The van der Waals surface area contributed by atoms with E-state index in [1.807, 2.05) is 6.92 Å². The second-order valence-corrected chi connectivity index (χ2v) is 9.10. The van der Waals surface area contributed by atoms with Gasteiger partial charge in [-0.05, 0) is 44.5 Å². The highest BCUT2D eigenvalue weighted by atomic mass is 32.2. The van der Waals surface area contributed by atoms with Crippen LogP contribution in [0, 0.1) is 20.8 Å². The fourth-order valence-electron chi connectivity index (χ4n) is 2.33. The molecule has 0 unspecified atom stereocenters. The van der Waals surface area contributed by atoms with Crippen LogP contribution in [0.25, 0.3) is 10.6 Å². The maximum absolute atomic E-state index is 12.1. The first-order valence-corrected chi connectivity index (χ1v) is 10.7. The van der Waals surface area contributed by atoms with Gasteiger partial charge in [0, 0.05) is 15.2 Å². The molecule has 1 amide bonds. The molecular formula is C19H20N2OS3. The van der Waals surface area contributed by atoms with Crippen LogP contribution in [0.2, 0.25) is 0 Å². The monoisotopic (exact) mass is 388 g/mol. The van der Waals surface area contributed by atoms with Gasteiger partial charge in [-0.3, -0.25) is 4.79 Å². The molecule has 25 heavy (non-hydrogen) atoms. The van der Waals surface area contributed by atoms with E-state index in [1.165, 1.54) is 16.0 Å². The number of carbonyl (C=O) groups is 1. The number of hydrogen-bond acceptors (Lipinski definition) is 5. The van der Waals surface area contributed by atoms with Crippen molar-refractivity contribution in [2.75, 3.05) is 5.75 Å². The molecule has 0 atom stereocenters. The minimum atomic E-state index is 0.0605. The van der Waals surface area contributed by atoms with E-state index in [9.17, 15) is 4.79 Å². The summed E-state index contributed by atoms with van der Waals surface area (Å²) in [5.41, 5.74) is 3.46. The number of thioether (sulfide) groups is 1. The van der Waals surface area contributed by atoms with E-state index in [-0.39, 0.29) is 5.91 Å². The zero-order valence-corrected chi connectivity index (χ0v) is 16.9. The van der Waals surface area contributed by atoms with Crippen molar-refractivity contribution in [3.63, 3.8) is 0 Å². The fourth-order valence-corrected chi connectivity index (χ4v) is 4.88. The van der Waals surface area contributed by atoms with Gasteiger partial charge in [0.1, 0.15) is 0 Å². The van der Waals surface area contributed by atoms with Gasteiger partial charge in [0.25, 0.3) is 0 Å².